The highest BCUT2D eigenvalue weighted by Gasteiger charge is 2.27. The van der Waals surface area contributed by atoms with Crippen LogP contribution in [-0.2, 0) is 0 Å². The monoisotopic (exact) mass is 258 g/mol. The van der Waals surface area contributed by atoms with Crippen molar-refractivity contribution < 1.29 is 0 Å². The first-order valence-corrected chi connectivity index (χ1v) is 7.87. The van der Waals surface area contributed by atoms with E-state index in [1.165, 1.54) is 57.5 Å². The van der Waals surface area contributed by atoms with Crippen molar-refractivity contribution in [3.63, 3.8) is 0 Å². The molecule has 1 heterocycles. The predicted molar refractivity (Wildman–Crippen MR) is 81.6 cm³/mol. The Balaban J connectivity index is 1.54. The van der Waals surface area contributed by atoms with E-state index in [4.69, 9.17) is 0 Å². The van der Waals surface area contributed by atoms with E-state index in [1.54, 1.807) is 0 Å². The number of benzene rings is 1. The number of rotatable bonds is 2. The summed E-state index contributed by atoms with van der Waals surface area (Å²) in [6.07, 6.45) is 5.73. The second-order valence-electron chi connectivity index (χ2n) is 6.28. The molecule has 1 aromatic carbocycles. The summed E-state index contributed by atoms with van der Waals surface area (Å²) in [4.78, 5) is 5.28. The first-order chi connectivity index (χ1) is 9.33. The van der Waals surface area contributed by atoms with Crippen molar-refractivity contribution in [2.24, 2.45) is 5.92 Å². The van der Waals surface area contributed by atoms with E-state index in [0.29, 0.717) is 0 Å². The van der Waals surface area contributed by atoms with Gasteiger partial charge in [-0.1, -0.05) is 38.0 Å². The van der Waals surface area contributed by atoms with Crippen LogP contribution in [0.4, 0.5) is 5.69 Å². The van der Waals surface area contributed by atoms with Crippen LogP contribution >= 0.6 is 0 Å². The van der Waals surface area contributed by atoms with Gasteiger partial charge in [-0.25, -0.2) is 0 Å². The third kappa shape index (κ3) is 3.11. The highest BCUT2D eigenvalue weighted by Crippen LogP contribution is 2.28. The Hall–Kier alpha value is -1.02. The summed E-state index contributed by atoms with van der Waals surface area (Å²) >= 11 is 0. The van der Waals surface area contributed by atoms with Crippen molar-refractivity contribution in [3.05, 3.63) is 30.3 Å². The van der Waals surface area contributed by atoms with Crippen molar-refractivity contribution in [1.82, 2.24) is 4.90 Å². The first kappa shape index (κ1) is 13.0. The standard InChI is InChI=1S/C17H26N2/c1-15-6-5-9-17(14-15)19-12-10-18(11-13-19)16-7-3-2-4-8-16/h2-4,7-8,15,17H,5-6,9-14H2,1H3/t15-,17+/m1/s1. The van der Waals surface area contributed by atoms with Gasteiger partial charge in [0.25, 0.3) is 0 Å². The van der Waals surface area contributed by atoms with Crippen molar-refractivity contribution in [3.8, 4) is 0 Å². The van der Waals surface area contributed by atoms with Crippen LogP contribution in [0.1, 0.15) is 32.6 Å². The van der Waals surface area contributed by atoms with Crippen LogP contribution in [0, 0.1) is 5.92 Å². The van der Waals surface area contributed by atoms with Crippen LogP contribution in [0.25, 0.3) is 0 Å². The fourth-order valence-electron chi connectivity index (χ4n) is 3.72. The lowest BCUT2D eigenvalue weighted by molar-refractivity contribution is 0.127. The van der Waals surface area contributed by atoms with Crippen LogP contribution in [0.15, 0.2) is 30.3 Å². The normalized spacial score (nSPS) is 29.4. The smallest absolute Gasteiger partial charge is 0.0367 e. The predicted octanol–water partition coefficient (Wildman–Crippen LogP) is 3.39. The molecule has 0 N–H and O–H groups in total. The fourth-order valence-corrected chi connectivity index (χ4v) is 3.72. The van der Waals surface area contributed by atoms with Crippen LogP contribution in [0.2, 0.25) is 0 Å². The summed E-state index contributed by atoms with van der Waals surface area (Å²) in [5.74, 6) is 0.936. The van der Waals surface area contributed by atoms with Gasteiger partial charge in [0.1, 0.15) is 0 Å². The van der Waals surface area contributed by atoms with Gasteiger partial charge < -0.3 is 4.90 Å². The van der Waals surface area contributed by atoms with Gasteiger partial charge >= 0.3 is 0 Å². The van der Waals surface area contributed by atoms with E-state index in [9.17, 15) is 0 Å². The molecule has 104 valence electrons. The van der Waals surface area contributed by atoms with E-state index >= 15 is 0 Å². The molecule has 2 heteroatoms. The fraction of sp³-hybridized carbons (Fsp3) is 0.647. The summed E-state index contributed by atoms with van der Waals surface area (Å²) in [6, 6.07) is 11.7. The molecule has 0 aromatic heterocycles. The van der Waals surface area contributed by atoms with E-state index in [0.717, 1.165) is 12.0 Å². The molecule has 2 fully saturated rings. The maximum absolute atomic E-state index is 2.75. The second kappa shape index (κ2) is 5.96. The molecule has 19 heavy (non-hydrogen) atoms. The number of nitrogens with zero attached hydrogens (tertiary/aromatic N) is 2. The van der Waals surface area contributed by atoms with Gasteiger partial charge in [0, 0.05) is 37.9 Å². The number of hydrogen-bond acceptors (Lipinski definition) is 2. The average molecular weight is 258 g/mol. The van der Waals surface area contributed by atoms with Crippen LogP contribution in [0.3, 0.4) is 0 Å². The van der Waals surface area contributed by atoms with Crippen LogP contribution < -0.4 is 4.90 Å². The third-order valence-electron chi connectivity index (χ3n) is 4.86. The van der Waals surface area contributed by atoms with E-state index in [1.807, 2.05) is 0 Å². The van der Waals surface area contributed by atoms with Crippen molar-refractivity contribution in [1.29, 1.82) is 0 Å². The van der Waals surface area contributed by atoms with E-state index < -0.39 is 0 Å². The minimum Gasteiger partial charge on any atom is -0.369 e. The molecule has 2 atom stereocenters. The van der Waals surface area contributed by atoms with Gasteiger partial charge in [0.15, 0.2) is 0 Å². The summed E-state index contributed by atoms with van der Waals surface area (Å²) in [5, 5.41) is 0. The summed E-state index contributed by atoms with van der Waals surface area (Å²) in [7, 11) is 0. The van der Waals surface area contributed by atoms with E-state index in [2.05, 4.69) is 47.1 Å². The largest absolute Gasteiger partial charge is 0.369 e. The first-order valence-electron chi connectivity index (χ1n) is 7.87. The Morgan fingerprint density at radius 1 is 0.947 bits per heavy atom. The quantitative estimate of drug-likeness (QED) is 0.802. The molecule has 0 bridgehead atoms. The molecule has 1 saturated heterocycles. The van der Waals surface area contributed by atoms with Crippen molar-refractivity contribution in [2.45, 2.75) is 38.6 Å². The Morgan fingerprint density at radius 2 is 1.68 bits per heavy atom. The number of anilines is 1. The molecule has 0 amide bonds. The molecule has 3 rings (SSSR count). The van der Waals surface area contributed by atoms with Gasteiger partial charge in [-0.2, -0.15) is 0 Å². The zero-order valence-electron chi connectivity index (χ0n) is 12.1. The Kier molecular flexibility index (Phi) is 4.07. The maximum atomic E-state index is 2.75. The molecular formula is C17H26N2. The Morgan fingerprint density at radius 3 is 2.37 bits per heavy atom. The van der Waals surface area contributed by atoms with Gasteiger partial charge in [-0.3, -0.25) is 4.90 Å². The number of piperazine rings is 1. The zero-order valence-corrected chi connectivity index (χ0v) is 12.1. The van der Waals surface area contributed by atoms with Gasteiger partial charge in [0.05, 0.1) is 0 Å². The summed E-state index contributed by atoms with van der Waals surface area (Å²) in [6.45, 7) is 7.29. The van der Waals surface area contributed by atoms with Crippen molar-refractivity contribution >= 4 is 5.69 Å². The molecule has 1 saturated carbocycles. The molecule has 2 nitrogen and oxygen atoms in total. The second-order valence-corrected chi connectivity index (χ2v) is 6.28. The molecule has 1 aliphatic carbocycles. The highest BCUT2D eigenvalue weighted by molar-refractivity contribution is 5.46. The molecule has 1 aliphatic heterocycles. The topological polar surface area (TPSA) is 6.48 Å². The van der Waals surface area contributed by atoms with Crippen molar-refractivity contribution in [2.75, 3.05) is 31.1 Å². The minimum absolute atomic E-state index is 0.863. The number of hydrogen-bond donors (Lipinski definition) is 0. The molecule has 0 unspecified atom stereocenters. The van der Waals surface area contributed by atoms with Crippen LogP contribution in [-0.4, -0.2) is 37.1 Å². The lowest BCUT2D eigenvalue weighted by atomic mass is 9.86. The minimum atomic E-state index is 0.863. The van der Waals surface area contributed by atoms with Gasteiger partial charge in [0.2, 0.25) is 0 Å². The SMILES string of the molecule is C[C@@H]1CCC[C@H](N2CCN(c3ccccc3)CC2)C1. The lowest BCUT2D eigenvalue weighted by Gasteiger charge is -2.42. The highest BCUT2D eigenvalue weighted by atomic mass is 15.3. The maximum Gasteiger partial charge on any atom is 0.0367 e. The van der Waals surface area contributed by atoms with E-state index in [-0.39, 0.29) is 0 Å². The molecular weight excluding hydrogens is 232 g/mol. The van der Waals surface area contributed by atoms with Gasteiger partial charge in [-0.15, -0.1) is 0 Å². The van der Waals surface area contributed by atoms with Crippen LogP contribution in [0.5, 0.6) is 0 Å². The lowest BCUT2D eigenvalue weighted by Crippen LogP contribution is -2.51. The summed E-state index contributed by atoms with van der Waals surface area (Å²) in [5.41, 5.74) is 1.39. The summed E-state index contributed by atoms with van der Waals surface area (Å²) < 4.78 is 0. The third-order valence-corrected chi connectivity index (χ3v) is 4.86. The Labute approximate surface area is 117 Å². The molecule has 0 spiro atoms. The zero-order chi connectivity index (χ0) is 13.1. The number of para-hydroxylation sites is 1. The van der Waals surface area contributed by atoms with Gasteiger partial charge in [-0.05, 0) is 30.9 Å². The Bertz CT molecular complexity index is 382. The molecule has 2 aliphatic rings. The average Bonchev–Trinajstić information content (AvgIpc) is 2.48. The molecule has 1 aromatic rings. The molecule has 0 radical (unpaired) electrons.